The Kier molecular flexibility index (Phi) is 3.80. The van der Waals surface area contributed by atoms with E-state index in [9.17, 15) is 4.79 Å². The van der Waals surface area contributed by atoms with Crippen LogP contribution in [0.4, 0.5) is 0 Å². The number of hydrogen-bond donors (Lipinski definition) is 1. The Bertz CT molecular complexity index is 597. The molecule has 1 aliphatic rings. The molecule has 1 fully saturated rings. The van der Waals surface area contributed by atoms with Crippen molar-refractivity contribution in [2.75, 3.05) is 6.61 Å². The number of benzene rings is 1. The lowest BCUT2D eigenvalue weighted by molar-refractivity contribution is -0.139. The Morgan fingerprint density at radius 3 is 2.90 bits per heavy atom. The number of rotatable bonds is 4. The van der Waals surface area contributed by atoms with E-state index in [1.165, 1.54) is 0 Å². The first kappa shape index (κ1) is 13.3. The topological polar surface area (TPSA) is 51.2 Å². The molecule has 3 rings (SSSR count). The Morgan fingerprint density at radius 2 is 2.20 bits per heavy atom. The average molecular weight is 288 g/mol. The SMILES string of the molecule is CC(NC1CCOC1=O)c1nc(-c2ccccc2)cs1. The third kappa shape index (κ3) is 2.73. The van der Waals surface area contributed by atoms with E-state index in [0.29, 0.717) is 6.61 Å². The summed E-state index contributed by atoms with van der Waals surface area (Å²) in [4.78, 5) is 16.1. The fourth-order valence-corrected chi connectivity index (χ4v) is 3.09. The second-order valence-corrected chi connectivity index (χ2v) is 5.72. The van der Waals surface area contributed by atoms with Crippen LogP contribution in [-0.4, -0.2) is 23.6 Å². The van der Waals surface area contributed by atoms with Gasteiger partial charge in [-0.1, -0.05) is 30.3 Å². The summed E-state index contributed by atoms with van der Waals surface area (Å²) in [5.41, 5.74) is 2.09. The minimum absolute atomic E-state index is 0.0492. The number of carbonyl (C=O) groups is 1. The predicted molar refractivity (Wildman–Crippen MR) is 78.5 cm³/mol. The van der Waals surface area contributed by atoms with Gasteiger partial charge in [0.1, 0.15) is 11.0 Å². The highest BCUT2D eigenvalue weighted by Crippen LogP contribution is 2.26. The number of ether oxygens (including phenoxy) is 1. The third-order valence-corrected chi connectivity index (χ3v) is 4.38. The molecule has 104 valence electrons. The number of nitrogens with zero attached hydrogens (tertiary/aromatic N) is 1. The van der Waals surface area contributed by atoms with Crippen molar-refractivity contribution in [2.45, 2.75) is 25.4 Å². The molecule has 5 heteroatoms. The Morgan fingerprint density at radius 1 is 1.40 bits per heavy atom. The van der Waals surface area contributed by atoms with Gasteiger partial charge in [-0.15, -0.1) is 11.3 Å². The molecule has 1 saturated heterocycles. The minimum Gasteiger partial charge on any atom is -0.464 e. The average Bonchev–Trinajstić information content (AvgIpc) is 3.10. The molecule has 1 aromatic heterocycles. The van der Waals surface area contributed by atoms with Crippen LogP contribution in [0, 0.1) is 0 Å². The van der Waals surface area contributed by atoms with Crippen LogP contribution in [0.25, 0.3) is 11.3 Å². The zero-order valence-corrected chi connectivity index (χ0v) is 12.0. The molecule has 1 N–H and O–H groups in total. The van der Waals surface area contributed by atoms with Crippen molar-refractivity contribution < 1.29 is 9.53 Å². The van der Waals surface area contributed by atoms with Gasteiger partial charge in [0.15, 0.2) is 0 Å². The van der Waals surface area contributed by atoms with Gasteiger partial charge >= 0.3 is 5.97 Å². The van der Waals surface area contributed by atoms with Crippen LogP contribution in [0.2, 0.25) is 0 Å². The van der Waals surface area contributed by atoms with Gasteiger partial charge in [0.25, 0.3) is 0 Å². The molecule has 0 saturated carbocycles. The summed E-state index contributed by atoms with van der Waals surface area (Å²) in [6.45, 7) is 2.54. The fraction of sp³-hybridized carbons (Fsp3) is 0.333. The maximum Gasteiger partial charge on any atom is 0.323 e. The summed E-state index contributed by atoms with van der Waals surface area (Å²) < 4.78 is 4.96. The molecule has 1 aromatic carbocycles. The molecular weight excluding hydrogens is 272 g/mol. The van der Waals surface area contributed by atoms with Crippen LogP contribution in [0.1, 0.15) is 24.4 Å². The first-order chi connectivity index (χ1) is 9.74. The third-order valence-electron chi connectivity index (χ3n) is 3.35. The zero-order chi connectivity index (χ0) is 13.9. The quantitative estimate of drug-likeness (QED) is 0.879. The van der Waals surface area contributed by atoms with Gasteiger partial charge in [0.05, 0.1) is 18.3 Å². The predicted octanol–water partition coefficient (Wildman–Crippen LogP) is 2.78. The van der Waals surface area contributed by atoms with Crippen molar-refractivity contribution in [1.82, 2.24) is 10.3 Å². The van der Waals surface area contributed by atoms with E-state index in [4.69, 9.17) is 4.74 Å². The Hall–Kier alpha value is -1.72. The molecule has 0 bridgehead atoms. The summed E-state index contributed by atoms with van der Waals surface area (Å²) in [5, 5.41) is 6.32. The van der Waals surface area contributed by atoms with Gasteiger partial charge in [0, 0.05) is 17.4 Å². The van der Waals surface area contributed by atoms with E-state index in [0.717, 1.165) is 22.7 Å². The van der Waals surface area contributed by atoms with Crippen molar-refractivity contribution in [2.24, 2.45) is 0 Å². The number of carbonyl (C=O) groups excluding carboxylic acids is 1. The Balaban J connectivity index is 1.71. The summed E-state index contributed by atoms with van der Waals surface area (Å²) in [7, 11) is 0. The largest absolute Gasteiger partial charge is 0.464 e. The summed E-state index contributed by atoms with van der Waals surface area (Å²) in [6, 6.07) is 9.94. The van der Waals surface area contributed by atoms with Crippen LogP contribution in [0.5, 0.6) is 0 Å². The molecule has 0 amide bonds. The maximum absolute atomic E-state index is 11.5. The summed E-state index contributed by atoms with van der Waals surface area (Å²) in [5.74, 6) is -0.156. The van der Waals surface area contributed by atoms with E-state index < -0.39 is 0 Å². The highest BCUT2D eigenvalue weighted by molar-refractivity contribution is 7.10. The van der Waals surface area contributed by atoms with Crippen molar-refractivity contribution in [1.29, 1.82) is 0 Å². The second-order valence-electron chi connectivity index (χ2n) is 4.83. The van der Waals surface area contributed by atoms with Gasteiger partial charge < -0.3 is 4.74 Å². The lowest BCUT2D eigenvalue weighted by Gasteiger charge is -2.14. The number of nitrogens with one attached hydrogen (secondary N) is 1. The van der Waals surface area contributed by atoms with Gasteiger partial charge in [-0.3, -0.25) is 10.1 Å². The number of esters is 1. The second kappa shape index (κ2) is 5.73. The van der Waals surface area contributed by atoms with Crippen LogP contribution in [0.3, 0.4) is 0 Å². The molecule has 2 atom stereocenters. The van der Waals surface area contributed by atoms with Crippen molar-refractivity contribution in [3.63, 3.8) is 0 Å². The first-order valence-electron chi connectivity index (χ1n) is 6.67. The van der Waals surface area contributed by atoms with Crippen LogP contribution >= 0.6 is 11.3 Å². The lowest BCUT2D eigenvalue weighted by atomic mass is 10.2. The molecule has 0 aliphatic carbocycles. The minimum atomic E-state index is -0.200. The molecule has 2 aromatic rings. The molecule has 20 heavy (non-hydrogen) atoms. The summed E-state index contributed by atoms with van der Waals surface area (Å²) in [6.07, 6.45) is 0.736. The molecule has 4 nitrogen and oxygen atoms in total. The van der Waals surface area contributed by atoms with Crippen molar-refractivity contribution in [3.05, 3.63) is 40.7 Å². The van der Waals surface area contributed by atoms with Gasteiger partial charge in [-0.2, -0.15) is 0 Å². The highest BCUT2D eigenvalue weighted by Gasteiger charge is 2.28. The number of aromatic nitrogens is 1. The molecule has 0 spiro atoms. The van der Waals surface area contributed by atoms with Crippen LogP contribution < -0.4 is 5.32 Å². The number of thiazole rings is 1. The van der Waals surface area contributed by atoms with E-state index in [2.05, 4.69) is 15.7 Å². The van der Waals surface area contributed by atoms with E-state index in [1.807, 2.05) is 37.3 Å². The van der Waals surface area contributed by atoms with E-state index >= 15 is 0 Å². The summed E-state index contributed by atoms with van der Waals surface area (Å²) >= 11 is 1.61. The fourth-order valence-electron chi connectivity index (χ4n) is 2.25. The van der Waals surface area contributed by atoms with Crippen molar-refractivity contribution >= 4 is 17.3 Å². The molecule has 1 aliphatic heterocycles. The standard InChI is InChI=1S/C15H16N2O2S/c1-10(16-12-7-8-19-15(12)18)14-17-13(9-20-14)11-5-3-2-4-6-11/h2-6,9-10,12,16H,7-8H2,1H3. The van der Waals surface area contributed by atoms with Gasteiger partial charge in [-0.25, -0.2) is 4.98 Å². The van der Waals surface area contributed by atoms with E-state index in [1.54, 1.807) is 11.3 Å². The molecule has 0 radical (unpaired) electrons. The zero-order valence-electron chi connectivity index (χ0n) is 11.2. The smallest absolute Gasteiger partial charge is 0.323 e. The molecule has 2 heterocycles. The maximum atomic E-state index is 11.5. The monoisotopic (exact) mass is 288 g/mol. The lowest BCUT2D eigenvalue weighted by Crippen LogP contribution is -2.34. The van der Waals surface area contributed by atoms with Gasteiger partial charge in [-0.05, 0) is 6.92 Å². The number of hydrogen-bond acceptors (Lipinski definition) is 5. The van der Waals surface area contributed by atoms with E-state index in [-0.39, 0.29) is 18.1 Å². The highest BCUT2D eigenvalue weighted by atomic mass is 32.1. The first-order valence-corrected chi connectivity index (χ1v) is 7.55. The van der Waals surface area contributed by atoms with Crippen LogP contribution in [-0.2, 0) is 9.53 Å². The molecular formula is C15H16N2O2S. The van der Waals surface area contributed by atoms with Crippen LogP contribution in [0.15, 0.2) is 35.7 Å². The van der Waals surface area contributed by atoms with Crippen molar-refractivity contribution in [3.8, 4) is 11.3 Å². The normalized spacial score (nSPS) is 19.9. The number of cyclic esters (lactones) is 1. The Labute approximate surface area is 121 Å². The van der Waals surface area contributed by atoms with Gasteiger partial charge in [0.2, 0.25) is 0 Å². The molecule has 2 unspecified atom stereocenters.